The zero-order chi connectivity index (χ0) is 15.0. The molecule has 0 spiro atoms. The summed E-state index contributed by atoms with van der Waals surface area (Å²) >= 11 is 5.92. The van der Waals surface area contributed by atoms with Crippen molar-refractivity contribution in [3.8, 4) is 0 Å². The number of sulfone groups is 1. The van der Waals surface area contributed by atoms with Gasteiger partial charge in [-0.25, -0.2) is 8.42 Å². The Balaban J connectivity index is 2.02. The Kier molecular flexibility index (Phi) is 3.30. The Labute approximate surface area is 125 Å². The maximum absolute atomic E-state index is 12.3. The lowest BCUT2D eigenvalue weighted by Crippen LogP contribution is -2.05. The van der Waals surface area contributed by atoms with Crippen LogP contribution >= 0.6 is 11.6 Å². The fraction of sp³-hybridized carbons (Fsp3) is 0.0769. The summed E-state index contributed by atoms with van der Waals surface area (Å²) in [6.07, 6.45) is 2.86. The Hall–Kier alpha value is -2.12. The van der Waals surface area contributed by atoms with Crippen molar-refractivity contribution in [2.75, 3.05) is 5.73 Å². The average molecular weight is 324 g/mol. The number of oxazole rings is 1. The molecule has 3 rings (SSSR count). The minimum absolute atomic E-state index is 0.279. The molecule has 8 heteroatoms. The number of benzene rings is 1. The van der Waals surface area contributed by atoms with E-state index in [1.807, 2.05) is 0 Å². The smallest absolute Gasteiger partial charge is 0.316 e. The molecule has 2 heterocycles. The van der Waals surface area contributed by atoms with E-state index in [4.69, 9.17) is 21.8 Å². The summed E-state index contributed by atoms with van der Waals surface area (Å²) in [7, 11) is -3.74. The first kappa shape index (κ1) is 13.8. The van der Waals surface area contributed by atoms with Gasteiger partial charge in [0.2, 0.25) is 9.84 Å². The normalized spacial score (nSPS) is 11.9. The van der Waals surface area contributed by atoms with Gasteiger partial charge in [0.1, 0.15) is 5.52 Å². The van der Waals surface area contributed by atoms with E-state index in [-0.39, 0.29) is 16.0 Å². The van der Waals surface area contributed by atoms with E-state index in [0.29, 0.717) is 22.4 Å². The molecule has 0 atom stereocenters. The molecule has 0 saturated heterocycles. The van der Waals surface area contributed by atoms with Crippen molar-refractivity contribution in [3.63, 3.8) is 0 Å². The summed E-state index contributed by atoms with van der Waals surface area (Å²) in [4.78, 5) is 7.79. The zero-order valence-corrected chi connectivity index (χ0v) is 12.2. The molecule has 0 bridgehead atoms. The van der Waals surface area contributed by atoms with Gasteiger partial charge in [0.15, 0.2) is 5.58 Å². The van der Waals surface area contributed by atoms with Crippen LogP contribution in [0.25, 0.3) is 11.1 Å². The first-order valence-corrected chi connectivity index (χ1v) is 7.96. The SMILES string of the molecule is Nc1ccc2nc(S(=O)(=O)Cc3ccncc3Cl)oc2c1. The molecule has 0 radical (unpaired) electrons. The third-order valence-electron chi connectivity index (χ3n) is 2.86. The van der Waals surface area contributed by atoms with Gasteiger partial charge in [-0.05, 0) is 23.8 Å². The van der Waals surface area contributed by atoms with Crippen molar-refractivity contribution < 1.29 is 12.8 Å². The molecule has 0 unspecified atom stereocenters. The number of nitrogen functional groups attached to an aromatic ring is 1. The average Bonchev–Trinajstić information content (AvgIpc) is 2.85. The molecule has 0 fully saturated rings. The van der Waals surface area contributed by atoms with Crippen LogP contribution in [0, 0.1) is 0 Å². The van der Waals surface area contributed by atoms with Gasteiger partial charge in [0, 0.05) is 24.1 Å². The Morgan fingerprint density at radius 2 is 2.10 bits per heavy atom. The molecule has 6 nitrogen and oxygen atoms in total. The van der Waals surface area contributed by atoms with E-state index in [0.717, 1.165) is 0 Å². The highest BCUT2D eigenvalue weighted by Gasteiger charge is 2.23. The number of fused-ring (bicyclic) bond motifs is 1. The fourth-order valence-corrected chi connectivity index (χ4v) is 3.34. The number of anilines is 1. The molecule has 21 heavy (non-hydrogen) atoms. The van der Waals surface area contributed by atoms with E-state index < -0.39 is 9.84 Å². The minimum Gasteiger partial charge on any atom is -0.428 e. The quantitative estimate of drug-likeness (QED) is 0.743. The van der Waals surface area contributed by atoms with Crippen molar-refractivity contribution >= 4 is 38.2 Å². The van der Waals surface area contributed by atoms with Gasteiger partial charge < -0.3 is 10.2 Å². The molecular formula is C13H10ClN3O3S. The standard InChI is InChI=1S/C13H10ClN3O3S/c14-10-6-16-4-3-8(10)7-21(18,19)13-17-11-2-1-9(15)5-12(11)20-13/h1-6H,7,15H2. The van der Waals surface area contributed by atoms with Crippen LogP contribution in [-0.4, -0.2) is 18.4 Å². The third-order valence-corrected chi connectivity index (χ3v) is 4.60. The second-order valence-electron chi connectivity index (χ2n) is 4.43. The molecular weight excluding hydrogens is 314 g/mol. The summed E-state index contributed by atoms with van der Waals surface area (Å²) in [5, 5.41) is -0.0718. The summed E-state index contributed by atoms with van der Waals surface area (Å²) in [6, 6.07) is 6.30. The highest BCUT2D eigenvalue weighted by molar-refractivity contribution is 7.90. The molecule has 0 aliphatic rings. The summed E-state index contributed by atoms with van der Waals surface area (Å²) in [6.45, 7) is 0. The van der Waals surface area contributed by atoms with Crippen LogP contribution in [0.5, 0.6) is 0 Å². The number of nitrogens with zero attached hydrogens (tertiary/aromatic N) is 2. The minimum atomic E-state index is -3.74. The maximum atomic E-state index is 12.3. The molecule has 1 aromatic carbocycles. The fourth-order valence-electron chi connectivity index (χ4n) is 1.84. The molecule has 2 N–H and O–H groups in total. The number of rotatable bonds is 3. The van der Waals surface area contributed by atoms with Crippen LogP contribution in [0.15, 0.2) is 46.3 Å². The van der Waals surface area contributed by atoms with E-state index in [1.165, 1.54) is 18.5 Å². The molecule has 108 valence electrons. The number of hydrogen-bond donors (Lipinski definition) is 1. The van der Waals surface area contributed by atoms with Gasteiger partial charge in [0.25, 0.3) is 0 Å². The lowest BCUT2D eigenvalue weighted by molar-refractivity contribution is 0.458. The van der Waals surface area contributed by atoms with Crippen molar-refractivity contribution in [1.82, 2.24) is 9.97 Å². The van der Waals surface area contributed by atoms with Crippen molar-refractivity contribution in [2.45, 2.75) is 11.0 Å². The van der Waals surface area contributed by atoms with Crippen LogP contribution in [0.1, 0.15) is 5.56 Å². The van der Waals surface area contributed by atoms with E-state index in [1.54, 1.807) is 18.2 Å². The molecule has 0 amide bonds. The van der Waals surface area contributed by atoms with Gasteiger partial charge in [0.05, 0.1) is 10.8 Å². The topological polar surface area (TPSA) is 99.1 Å². The first-order valence-electron chi connectivity index (χ1n) is 5.93. The van der Waals surface area contributed by atoms with Gasteiger partial charge in [-0.15, -0.1) is 0 Å². The molecule has 0 saturated carbocycles. The monoisotopic (exact) mass is 323 g/mol. The van der Waals surface area contributed by atoms with Gasteiger partial charge in [-0.2, -0.15) is 4.98 Å². The second-order valence-corrected chi connectivity index (χ2v) is 6.71. The van der Waals surface area contributed by atoms with E-state index in [9.17, 15) is 8.42 Å². The van der Waals surface area contributed by atoms with Gasteiger partial charge in [-0.3, -0.25) is 4.98 Å². The van der Waals surface area contributed by atoms with Crippen molar-refractivity contribution in [2.24, 2.45) is 0 Å². The molecule has 0 aliphatic heterocycles. The number of hydrogen-bond acceptors (Lipinski definition) is 6. The van der Waals surface area contributed by atoms with Crippen LogP contribution < -0.4 is 5.73 Å². The second kappa shape index (κ2) is 5.01. The maximum Gasteiger partial charge on any atom is 0.316 e. The van der Waals surface area contributed by atoms with Crippen molar-refractivity contribution in [1.29, 1.82) is 0 Å². The number of pyridine rings is 1. The summed E-state index contributed by atoms with van der Waals surface area (Å²) in [5.41, 5.74) is 7.30. The molecule has 2 aromatic heterocycles. The Morgan fingerprint density at radius 1 is 1.29 bits per heavy atom. The number of aromatic nitrogens is 2. The van der Waals surface area contributed by atoms with E-state index >= 15 is 0 Å². The number of nitrogens with two attached hydrogens (primary N) is 1. The van der Waals surface area contributed by atoms with Gasteiger partial charge in [-0.1, -0.05) is 11.6 Å². The summed E-state index contributed by atoms with van der Waals surface area (Å²) < 4.78 is 30.0. The molecule has 0 aliphatic carbocycles. The Bertz CT molecular complexity index is 921. The van der Waals surface area contributed by atoms with Crippen LogP contribution in [-0.2, 0) is 15.6 Å². The summed E-state index contributed by atoms with van der Waals surface area (Å²) in [5.74, 6) is -0.309. The third kappa shape index (κ3) is 2.70. The van der Waals surface area contributed by atoms with Crippen LogP contribution in [0.3, 0.4) is 0 Å². The lowest BCUT2D eigenvalue weighted by atomic mass is 10.3. The largest absolute Gasteiger partial charge is 0.428 e. The first-order chi connectivity index (χ1) is 9.95. The van der Waals surface area contributed by atoms with Crippen LogP contribution in [0.2, 0.25) is 5.02 Å². The Morgan fingerprint density at radius 3 is 2.86 bits per heavy atom. The van der Waals surface area contributed by atoms with Crippen LogP contribution in [0.4, 0.5) is 5.69 Å². The van der Waals surface area contributed by atoms with Crippen molar-refractivity contribution in [3.05, 3.63) is 47.2 Å². The highest BCUT2D eigenvalue weighted by Crippen LogP contribution is 2.25. The van der Waals surface area contributed by atoms with Gasteiger partial charge >= 0.3 is 5.22 Å². The lowest BCUT2D eigenvalue weighted by Gasteiger charge is -2.02. The van der Waals surface area contributed by atoms with E-state index in [2.05, 4.69) is 9.97 Å². The predicted molar refractivity (Wildman–Crippen MR) is 78.6 cm³/mol. The molecule has 3 aromatic rings. The zero-order valence-electron chi connectivity index (χ0n) is 10.7. The highest BCUT2D eigenvalue weighted by atomic mass is 35.5. The number of halogens is 1. The predicted octanol–water partition coefficient (Wildman–Crippen LogP) is 2.43.